The van der Waals surface area contributed by atoms with E-state index in [1.165, 1.54) is 44.1 Å². The molecular weight excluding hydrogens is 438 g/mol. The number of aliphatic hydroxyl groups excluding tert-OH is 1. The minimum atomic E-state index is -0.118. The molecule has 4 aliphatic rings. The molecule has 0 spiro atoms. The summed E-state index contributed by atoms with van der Waals surface area (Å²) in [4.78, 5) is 5.68. The van der Waals surface area contributed by atoms with Gasteiger partial charge in [0.05, 0.1) is 11.8 Å². The third-order valence-electron chi connectivity index (χ3n) is 9.12. The number of hydrogen-bond acceptors (Lipinski definition) is 3. The molecule has 3 nitrogen and oxygen atoms in total. The minimum Gasteiger partial charge on any atom is -0.396 e. The lowest BCUT2D eigenvalue weighted by Gasteiger charge is -2.57. The molecule has 0 bridgehead atoms. The van der Waals surface area contributed by atoms with E-state index in [0.29, 0.717) is 5.41 Å². The van der Waals surface area contributed by atoms with Gasteiger partial charge in [-0.3, -0.25) is 0 Å². The molecule has 1 N–H and O–H groups in total. The van der Waals surface area contributed by atoms with Gasteiger partial charge in [-0.05, 0) is 105 Å². The molecule has 0 aromatic rings. The highest BCUT2D eigenvalue weighted by Crippen LogP contribution is 2.65. The van der Waals surface area contributed by atoms with Crippen LogP contribution >= 0.6 is 15.9 Å². The van der Waals surface area contributed by atoms with Gasteiger partial charge in [-0.15, -0.1) is 0 Å². The first-order valence-electron chi connectivity index (χ1n) is 12.2. The molecule has 4 rings (SSSR count). The fourth-order valence-electron chi connectivity index (χ4n) is 7.40. The number of nitrogens with zero attached hydrogens (tertiary/aromatic N) is 1. The summed E-state index contributed by atoms with van der Waals surface area (Å²) in [6.45, 7) is 7.87. The molecule has 2 fully saturated rings. The average molecular weight is 479 g/mol. The van der Waals surface area contributed by atoms with Crippen LogP contribution in [0.15, 0.2) is 28.5 Å². The van der Waals surface area contributed by atoms with Crippen molar-refractivity contribution in [3.05, 3.63) is 23.3 Å². The summed E-state index contributed by atoms with van der Waals surface area (Å²) in [5.41, 5.74) is 4.66. The SMILES string of the molecule is C/C(=N\OCCCCCBr)C1=CC[C@H]2[C@@H]3CC=C4C[C@@H](O)CC[C@]4(C)[C@H]3CC[C@]12C. The zero-order chi connectivity index (χ0) is 21.4. The summed E-state index contributed by atoms with van der Waals surface area (Å²) < 4.78 is 0. The number of oxime groups is 1. The first-order valence-corrected chi connectivity index (χ1v) is 13.3. The molecule has 0 saturated heterocycles. The van der Waals surface area contributed by atoms with E-state index in [1.807, 2.05) is 0 Å². The fourth-order valence-corrected chi connectivity index (χ4v) is 7.80. The Bertz CT molecular complexity index is 729. The summed E-state index contributed by atoms with van der Waals surface area (Å²) >= 11 is 3.48. The van der Waals surface area contributed by atoms with E-state index < -0.39 is 0 Å². The highest BCUT2D eigenvalue weighted by molar-refractivity contribution is 9.09. The van der Waals surface area contributed by atoms with Crippen molar-refractivity contribution >= 4 is 21.6 Å². The number of allylic oxidation sites excluding steroid dienone is 3. The van der Waals surface area contributed by atoms with Crippen LogP contribution in [-0.2, 0) is 4.84 Å². The van der Waals surface area contributed by atoms with E-state index in [2.05, 4.69) is 54.0 Å². The lowest BCUT2D eigenvalue weighted by atomic mass is 9.47. The van der Waals surface area contributed by atoms with Gasteiger partial charge in [0.15, 0.2) is 0 Å². The van der Waals surface area contributed by atoms with Gasteiger partial charge in [-0.25, -0.2) is 0 Å². The standard InChI is InChI=1S/C26H40BrNO2/c1-18(28-30-16-6-4-5-15-27)22-9-10-23-21-8-7-19-17-20(29)11-13-25(19,2)24(21)12-14-26(22,23)3/h7,9,20-21,23-24,29H,4-6,8,10-17H2,1-3H3/b28-18+/t20-,21-,23-,24-,25-,26+/m0/s1. The van der Waals surface area contributed by atoms with Crippen molar-refractivity contribution in [2.24, 2.45) is 33.7 Å². The van der Waals surface area contributed by atoms with Crippen molar-refractivity contribution in [3.63, 3.8) is 0 Å². The van der Waals surface area contributed by atoms with Crippen molar-refractivity contribution in [2.75, 3.05) is 11.9 Å². The van der Waals surface area contributed by atoms with Gasteiger partial charge < -0.3 is 9.94 Å². The van der Waals surface area contributed by atoms with Gasteiger partial charge in [0.2, 0.25) is 0 Å². The van der Waals surface area contributed by atoms with Gasteiger partial charge >= 0.3 is 0 Å². The van der Waals surface area contributed by atoms with E-state index in [1.54, 1.807) is 5.57 Å². The molecule has 0 heterocycles. The van der Waals surface area contributed by atoms with Crippen LogP contribution < -0.4 is 0 Å². The first-order chi connectivity index (χ1) is 14.4. The second-order valence-corrected chi connectivity index (χ2v) is 11.5. The quantitative estimate of drug-likeness (QED) is 0.144. The van der Waals surface area contributed by atoms with Crippen LogP contribution in [0.2, 0.25) is 0 Å². The van der Waals surface area contributed by atoms with Gasteiger partial charge in [-0.2, -0.15) is 0 Å². The molecule has 0 aliphatic heterocycles. The lowest BCUT2D eigenvalue weighted by Crippen LogP contribution is -2.50. The molecule has 4 aliphatic carbocycles. The van der Waals surface area contributed by atoms with Crippen LogP contribution in [0.4, 0.5) is 0 Å². The summed E-state index contributed by atoms with van der Waals surface area (Å²) in [5.74, 6) is 2.26. The zero-order valence-electron chi connectivity index (χ0n) is 19.1. The van der Waals surface area contributed by atoms with Gasteiger partial charge in [0.25, 0.3) is 0 Å². The molecule has 4 heteroatoms. The maximum absolute atomic E-state index is 10.2. The summed E-state index contributed by atoms with van der Waals surface area (Å²) in [5, 5.41) is 15.8. The Labute approximate surface area is 191 Å². The number of halogens is 1. The number of aliphatic hydroxyl groups is 1. The maximum atomic E-state index is 10.2. The predicted octanol–water partition coefficient (Wildman–Crippen LogP) is 6.80. The number of fused-ring (bicyclic) bond motifs is 5. The van der Waals surface area contributed by atoms with E-state index in [-0.39, 0.29) is 11.5 Å². The Hall–Kier alpha value is -0.610. The Morgan fingerprint density at radius 1 is 1.10 bits per heavy atom. The fraction of sp³-hybridized carbons (Fsp3) is 0.808. The van der Waals surface area contributed by atoms with Crippen LogP contribution in [0.1, 0.15) is 85.0 Å². The Kier molecular flexibility index (Phi) is 6.85. The van der Waals surface area contributed by atoms with Crippen molar-refractivity contribution in [2.45, 2.75) is 91.1 Å². The number of rotatable bonds is 7. The predicted molar refractivity (Wildman–Crippen MR) is 128 cm³/mol. The Morgan fingerprint density at radius 2 is 1.90 bits per heavy atom. The molecular formula is C26H40BrNO2. The van der Waals surface area contributed by atoms with Crippen molar-refractivity contribution in [1.29, 1.82) is 0 Å². The molecule has 168 valence electrons. The Morgan fingerprint density at radius 3 is 2.70 bits per heavy atom. The summed E-state index contributed by atoms with van der Waals surface area (Å²) in [6.07, 6.45) is 16.3. The van der Waals surface area contributed by atoms with Crippen LogP contribution in [0.25, 0.3) is 0 Å². The topological polar surface area (TPSA) is 41.8 Å². The molecule has 6 atom stereocenters. The van der Waals surface area contributed by atoms with Crippen molar-refractivity contribution < 1.29 is 9.94 Å². The molecule has 0 aromatic carbocycles. The third-order valence-corrected chi connectivity index (χ3v) is 9.68. The Balaban J connectivity index is 1.44. The van der Waals surface area contributed by atoms with Gasteiger partial charge in [0, 0.05) is 5.33 Å². The van der Waals surface area contributed by atoms with Crippen LogP contribution in [-0.4, -0.2) is 28.9 Å². The lowest BCUT2D eigenvalue weighted by molar-refractivity contribution is -0.0280. The molecule has 0 aromatic heterocycles. The average Bonchev–Trinajstić information content (AvgIpc) is 3.08. The van der Waals surface area contributed by atoms with E-state index in [9.17, 15) is 5.11 Å². The van der Waals surface area contributed by atoms with Gasteiger partial charge in [-0.1, -0.05) is 52.7 Å². The smallest absolute Gasteiger partial charge is 0.117 e. The van der Waals surface area contributed by atoms with Crippen molar-refractivity contribution in [3.8, 4) is 0 Å². The molecule has 0 radical (unpaired) electrons. The van der Waals surface area contributed by atoms with E-state index in [4.69, 9.17) is 4.84 Å². The second kappa shape index (κ2) is 9.10. The first kappa shape index (κ1) is 22.6. The highest BCUT2D eigenvalue weighted by Gasteiger charge is 2.56. The summed E-state index contributed by atoms with van der Waals surface area (Å²) in [6, 6.07) is 0. The number of unbranched alkanes of at least 4 members (excludes halogenated alkanes) is 2. The van der Waals surface area contributed by atoms with Crippen LogP contribution in [0, 0.1) is 28.6 Å². The monoisotopic (exact) mass is 477 g/mol. The second-order valence-electron chi connectivity index (χ2n) is 10.7. The number of alkyl halides is 1. The van der Waals surface area contributed by atoms with Crippen LogP contribution in [0.5, 0.6) is 0 Å². The summed E-state index contributed by atoms with van der Waals surface area (Å²) in [7, 11) is 0. The highest BCUT2D eigenvalue weighted by atomic mass is 79.9. The molecule has 30 heavy (non-hydrogen) atoms. The number of hydrogen-bond donors (Lipinski definition) is 1. The molecule has 2 saturated carbocycles. The van der Waals surface area contributed by atoms with Crippen LogP contribution in [0.3, 0.4) is 0 Å². The van der Waals surface area contributed by atoms with Crippen molar-refractivity contribution in [1.82, 2.24) is 0 Å². The normalized spacial score (nSPS) is 40.8. The van der Waals surface area contributed by atoms with E-state index in [0.717, 1.165) is 61.1 Å². The van der Waals surface area contributed by atoms with E-state index >= 15 is 0 Å². The minimum absolute atomic E-state index is 0.118. The zero-order valence-corrected chi connectivity index (χ0v) is 20.7. The third kappa shape index (κ3) is 3.96. The van der Waals surface area contributed by atoms with Gasteiger partial charge in [0.1, 0.15) is 6.61 Å². The largest absolute Gasteiger partial charge is 0.396 e. The molecule has 0 unspecified atom stereocenters. The maximum Gasteiger partial charge on any atom is 0.117 e. The molecule has 0 amide bonds.